The van der Waals surface area contributed by atoms with Crippen LogP contribution in [0.5, 0.6) is 0 Å². The Morgan fingerprint density at radius 2 is 1.90 bits per heavy atom. The zero-order chi connectivity index (χ0) is 15.0. The molecule has 0 aromatic heterocycles. The van der Waals surface area contributed by atoms with E-state index in [9.17, 15) is 9.59 Å². The molecule has 1 fully saturated rings. The van der Waals surface area contributed by atoms with E-state index in [-0.39, 0.29) is 24.4 Å². The zero-order valence-electron chi connectivity index (χ0n) is 13.3. The Labute approximate surface area is 123 Å². The van der Waals surface area contributed by atoms with Crippen LogP contribution in [0.25, 0.3) is 0 Å². The number of unbranched alkanes of at least 4 members (excludes halogenated alkanes) is 3. The lowest BCUT2D eigenvalue weighted by molar-refractivity contribution is -0.144. The van der Waals surface area contributed by atoms with E-state index < -0.39 is 0 Å². The molecule has 4 heteroatoms. The van der Waals surface area contributed by atoms with Crippen molar-refractivity contribution in [1.29, 1.82) is 0 Å². The largest absolute Gasteiger partial charge is 0.343 e. The number of hydrogen-bond donors (Lipinski definition) is 1. The van der Waals surface area contributed by atoms with E-state index in [0.29, 0.717) is 0 Å². The van der Waals surface area contributed by atoms with Crippen LogP contribution in [0.15, 0.2) is 0 Å². The molecule has 0 aromatic carbocycles. The van der Waals surface area contributed by atoms with Crippen LogP contribution in [0, 0.1) is 5.92 Å². The summed E-state index contributed by atoms with van der Waals surface area (Å²) in [7, 11) is 0. The Hall–Kier alpha value is -1.06. The second-order valence-corrected chi connectivity index (χ2v) is 6.27. The van der Waals surface area contributed by atoms with Gasteiger partial charge in [-0.1, -0.05) is 52.9 Å². The predicted molar refractivity (Wildman–Crippen MR) is 81.3 cm³/mol. The molecule has 1 heterocycles. The maximum atomic E-state index is 12.2. The molecule has 1 aliphatic rings. The molecule has 1 saturated heterocycles. The Morgan fingerprint density at radius 1 is 1.20 bits per heavy atom. The maximum absolute atomic E-state index is 12.2. The average molecular weight is 282 g/mol. The number of amides is 2. The van der Waals surface area contributed by atoms with Crippen LogP contribution in [0.1, 0.15) is 65.7 Å². The summed E-state index contributed by atoms with van der Waals surface area (Å²) in [6, 6.07) is -0.290. The first-order valence-corrected chi connectivity index (χ1v) is 8.12. The number of carbonyl (C=O) groups is 2. The van der Waals surface area contributed by atoms with Gasteiger partial charge in [0.25, 0.3) is 0 Å². The van der Waals surface area contributed by atoms with E-state index in [1.54, 1.807) is 4.90 Å². The van der Waals surface area contributed by atoms with E-state index in [1.165, 1.54) is 19.3 Å². The van der Waals surface area contributed by atoms with Crippen molar-refractivity contribution in [2.24, 2.45) is 5.92 Å². The third-order valence-corrected chi connectivity index (χ3v) is 3.82. The van der Waals surface area contributed by atoms with Crippen molar-refractivity contribution in [2.45, 2.75) is 71.8 Å². The minimum absolute atomic E-state index is 0.0112. The van der Waals surface area contributed by atoms with Gasteiger partial charge in [-0.3, -0.25) is 9.59 Å². The first-order valence-electron chi connectivity index (χ1n) is 8.12. The van der Waals surface area contributed by atoms with Crippen molar-refractivity contribution in [3.05, 3.63) is 0 Å². The molecular formula is C16H30N2O2. The van der Waals surface area contributed by atoms with Crippen molar-refractivity contribution < 1.29 is 9.59 Å². The fraction of sp³-hybridized carbons (Fsp3) is 0.875. The van der Waals surface area contributed by atoms with Crippen molar-refractivity contribution >= 4 is 11.8 Å². The Balaban J connectivity index is 2.24. The summed E-state index contributed by atoms with van der Waals surface area (Å²) in [4.78, 5) is 25.5. The zero-order valence-corrected chi connectivity index (χ0v) is 13.3. The van der Waals surface area contributed by atoms with Gasteiger partial charge >= 0.3 is 0 Å². The smallest absolute Gasteiger partial charge is 0.245 e. The molecule has 1 unspecified atom stereocenters. The normalized spacial score (nSPS) is 19.6. The van der Waals surface area contributed by atoms with Crippen LogP contribution in [0.3, 0.4) is 0 Å². The molecule has 0 radical (unpaired) electrons. The molecule has 2 amide bonds. The molecule has 0 aromatic rings. The van der Waals surface area contributed by atoms with Gasteiger partial charge in [0, 0.05) is 6.54 Å². The fourth-order valence-electron chi connectivity index (χ4n) is 2.66. The molecule has 0 saturated carbocycles. The van der Waals surface area contributed by atoms with Gasteiger partial charge in [0.2, 0.25) is 11.8 Å². The van der Waals surface area contributed by atoms with E-state index in [2.05, 4.69) is 19.2 Å². The van der Waals surface area contributed by atoms with Crippen molar-refractivity contribution in [3.8, 4) is 0 Å². The number of carbonyl (C=O) groups excluding carboxylic acids is 2. The van der Waals surface area contributed by atoms with Gasteiger partial charge < -0.3 is 10.2 Å². The maximum Gasteiger partial charge on any atom is 0.245 e. The summed E-state index contributed by atoms with van der Waals surface area (Å²) in [5, 5.41) is 2.79. The van der Waals surface area contributed by atoms with Crippen LogP contribution in [-0.4, -0.2) is 35.8 Å². The monoisotopic (exact) mass is 282 g/mol. The van der Waals surface area contributed by atoms with E-state index in [1.807, 2.05) is 6.92 Å². The lowest BCUT2D eigenvalue weighted by Crippen LogP contribution is -2.58. The van der Waals surface area contributed by atoms with Gasteiger partial charge in [0.1, 0.15) is 6.04 Å². The Bertz CT molecular complexity index is 316. The molecule has 1 N–H and O–H groups in total. The van der Waals surface area contributed by atoms with Crippen molar-refractivity contribution in [1.82, 2.24) is 10.2 Å². The minimum Gasteiger partial charge on any atom is -0.343 e. The van der Waals surface area contributed by atoms with Gasteiger partial charge in [0.15, 0.2) is 0 Å². The quantitative estimate of drug-likeness (QED) is 0.661. The highest BCUT2D eigenvalue weighted by Crippen LogP contribution is 2.12. The summed E-state index contributed by atoms with van der Waals surface area (Å²) in [5.41, 5.74) is 0. The molecule has 1 atom stereocenters. The molecule has 20 heavy (non-hydrogen) atoms. The summed E-state index contributed by atoms with van der Waals surface area (Å²) in [5.74, 6) is 0.869. The Kier molecular flexibility index (Phi) is 7.63. The summed E-state index contributed by atoms with van der Waals surface area (Å²) < 4.78 is 0. The topological polar surface area (TPSA) is 49.4 Å². The van der Waals surface area contributed by atoms with Crippen LogP contribution in [0.4, 0.5) is 0 Å². The van der Waals surface area contributed by atoms with Crippen molar-refractivity contribution in [2.75, 3.05) is 13.1 Å². The number of nitrogens with one attached hydrogen (secondary N) is 1. The standard InChI is InChI=1S/C16H30N2O2/c1-4-9-14-16(20)18(12-15(19)17-14)11-8-6-5-7-10-13(2)3/h13-14H,4-12H2,1-3H3,(H,17,19). The van der Waals surface area contributed by atoms with Crippen LogP contribution >= 0.6 is 0 Å². The summed E-state index contributed by atoms with van der Waals surface area (Å²) >= 11 is 0. The van der Waals surface area contributed by atoms with Gasteiger partial charge in [-0.2, -0.15) is 0 Å². The van der Waals surface area contributed by atoms with Crippen LogP contribution in [-0.2, 0) is 9.59 Å². The SMILES string of the molecule is CCCC1NC(=O)CN(CCCCCCC(C)C)C1=O. The van der Waals surface area contributed by atoms with E-state index >= 15 is 0 Å². The highest BCUT2D eigenvalue weighted by Gasteiger charge is 2.31. The van der Waals surface area contributed by atoms with Gasteiger partial charge in [0.05, 0.1) is 6.54 Å². The fourth-order valence-corrected chi connectivity index (χ4v) is 2.66. The lowest BCUT2D eigenvalue weighted by Gasteiger charge is -2.32. The predicted octanol–water partition coefficient (Wildman–Crippen LogP) is 2.72. The molecule has 0 aliphatic carbocycles. The van der Waals surface area contributed by atoms with Gasteiger partial charge in [-0.25, -0.2) is 0 Å². The summed E-state index contributed by atoms with van der Waals surface area (Å²) in [6.07, 6.45) is 7.60. The second-order valence-electron chi connectivity index (χ2n) is 6.27. The van der Waals surface area contributed by atoms with E-state index in [4.69, 9.17) is 0 Å². The van der Waals surface area contributed by atoms with Crippen molar-refractivity contribution in [3.63, 3.8) is 0 Å². The van der Waals surface area contributed by atoms with Gasteiger partial charge in [-0.15, -0.1) is 0 Å². The molecule has 0 bridgehead atoms. The number of rotatable bonds is 9. The highest BCUT2D eigenvalue weighted by molar-refractivity contribution is 5.94. The summed E-state index contributed by atoms with van der Waals surface area (Å²) in [6.45, 7) is 7.50. The molecule has 4 nitrogen and oxygen atoms in total. The second kappa shape index (κ2) is 8.98. The Morgan fingerprint density at radius 3 is 2.55 bits per heavy atom. The third-order valence-electron chi connectivity index (χ3n) is 3.82. The van der Waals surface area contributed by atoms with Gasteiger partial charge in [-0.05, 0) is 18.8 Å². The number of nitrogens with zero attached hydrogens (tertiary/aromatic N) is 1. The molecular weight excluding hydrogens is 252 g/mol. The molecule has 0 spiro atoms. The average Bonchev–Trinajstić information content (AvgIpc) is 2.38. The minimum atomic E-state index is -0.290. The molecule has 116 valence electrons. The number of hydrogen-bond acceptors (Lipinski definition) is 2. The van der Waals surface area contributed by atoms with Crippen LogP contribution in [0.2, 0.25) is 0 Å². The molecule has 1 rings (SSSR count). The lowest BCUT2D eigenvalue weighted by atomic mass is 10.0. The number of piperazine rings is 1. The van der Waals surface area contributed by atoms with E-state index in [0.717, 1.165) is 38.1 Å². The first-order chi connectivity index (χ1) is 9.54. The third kappa shape index (κ3) is 5.93. The molecule has 1 aliphatic heterocycles. The highest BCUT2D eigenvalue weighted by atomic mass is 16.2. The first kappa shape index (κ1) is 17.0. The van der Waals surface area contributed by atoms with Crippen LogP contribution < -0.4 is 5.32 Å².